The van der Waals surface area contributed by atoms with Gasteiger partial charge in [-0.2, -0.15) is 0 Å². The molecule has 1 N–H and O–H groups in total. The Balaban J connectivity index is 1.98. The van der Waals surface area contributed by atoms with E-state index in [1.165, 1.54) is 0 Å². The smallest absolute Gasteiger partial charge is 0.305 e. The standard InChI is InChI=1S/C13H21NO5/c15-12(16)3-6-14(10-4-8-18-9-5-10)13(17)11-2-1-7-19-11/h10-11H,1-9H2,(H,15,16)/t11-/m0/s1. The lowest BCUT2D eigenvalue weighted by Crippen LogP contribution is -2.48. The van der Waals surface area contributed by atoms with Crippen LogP contribution in [0.4, 0.5) is 0 Å². The van der Waals surface area contributed by atoms with Gasteiger partial charge in [-0.1, -0.05) is 0 Å². The summed E-state index contributed by atoms with van der Waals surface area (Å²) in [7, 11) is 0. The number of carboxylic acid groups (broad SMARTS) is 1. The second-order valence-electron chi connectivity index (χ2n) is 5.02. The number of carbonyl (C=O) groups is 2. The Hall–Kier alpha value is -1.14. The van der Waals surface area contributed by atoms with E-state index in [-0.39, 0.29) is 31.0 Å². The number of nitrogens with zero attached hydrogens (tertiary/aromatic N) is 1. The number of hydrogen-bond donors (Lipinski definition) is 1. The first-order valence-electron chi connectivity index (χ1n) is 6.90. The number of carbonyl (C=O) groups excluding carboxylic acids is 1. The van der Waals surface area contributed by atoms with Gasteiger partial charge in [-0.05, 0) is 25.7 Å². The fourth-order valence-electron chi connectivity index (χ4n) is 2.64. The highest BCUT2D eigenvalue weighted by Crippen LogP contribution is 2.21. The summed E-state index contributed by atoms with van der Waals surface area (Å²) in [5.74, 6) is -0.928. The molecule has 2 rings (SSSR count). The summed E-state index contributed by atoms with van der Waals surface area (Å²) in [5.41, 5.74) is 0. The monoisotopic (exact) mass is 271 g/mol. The zero-order valence-electron chi connectivity index (χ0n) is 11.0. The number of aliphatic carboxylic acids is 1. The van der Waals surface area contributed by atoms with Crippen molar-refractivity contribution < 1.29 is 24.2 Å². The lowest BCUT2D eigenvalue weighted by Gasteiger charge is -2.35. The minimum absolute atomic E-state index is 0.0180. The van der Waals surface area contributed by atoms with Gasteiger partial charge < -0.3 is 19.5 Å². The van der Waals surface area contributed by atoms with Crippen LogP contribution in [0.3, 0.4) is 0 Å². The minimum Gasteiger partial charge on any atom is -0.481 e. The van der Waals surface area contributed by atoms with Crippen molar-refractivity contribution in [2.75, 3.05) is 26.4 Å². The van der Waals surface area contributed by atoms with Crippen molar-refractivity contribution in [1.82, 2.24) is 4.90 Å². The van der Waals surface area contributed by atoms with Crippen LogP contribution in [0.25, 0.3) is 0 Å². The third-order valence-corrected chi connectivity index (χ3v) is 3.69. The maximum atomic E-state index is 12.4. The van der Waals surface area contributed by atoms with Gasteiger partial charge in [0.15, 0.2) is 0 Å². The molecule has 1 amide bonds. The highest BCUT2D eigenvalue weighted by molar-refractivity contribution is 5.82. The van der Waals surface area contributed by atoms with Gasteiger partial charge in [-0.15, -0.1) is 0 Å². The number of hydrogen-bond acceptors (Lipinski definition) is 4. The second-order valence-corrected chi connectivity index (χ2v) is 5.02. The van der Waals surface area contributed by atoms with Crippen molar-refractivity contribution >= 4 is 11.9 Å². The normalized spacial score (nSPS) is 24.3. The predicted octanol–water partition coefficient (Wildman–Crippen LogP) is 0.648. The van der Waals surface area contributed by atoms with Crippen LogP contribution in [0.2, 0.25) is 0 Å². The lowest BCUT2D eigenvalue weighted by atomic mass is 10.1. The maximum absolute atomic E-state index is 12.4. The van der Waals surface area contributed by atoms with Crippen LogP contribution in [0.1, 0.15) is 32.1 Å². The van der Waals surface area contributed by atoms with Gasteiger partial charge in [0.05, 0.1) is 6.42 Å². The van der Waals surface area contributed by atoms with Gasteiger partial charge in [-0.25, -0.2) is 0 Å². The van der Waals surface area contributed by atoms with Crippen molar-refractivity contribution in [3.8, 4) is 0 Å². The average Bonchev–Trinajstić information content (AvgIpc) is 2.93. The largest absolute Gasteiger partial charge is 0.481 e. The summed E-state index contributed by atoms with van der Waals surface area (Å²) >= 11 is 0. The van der Waals surface area contributed by atoms with Crippen LogP contribution in [0.5, 0.6) is 0 Å². The van der Waals surface area contributed by atoms with E-state index in [2.05, 4.69) is 0 Å². The molecule has 2 saturated heterocycles. The van der Waals surface area contributed by atoms with Gasteiger partial charge in [0, 0.05) is 32.4 Å². The molecule has 2 aliphatic heterocycles. The van der Waals surface area contributed by atoms with Crippen molar-refractivity contribution in [3.05, 3.63) is 0 Å². The molecule has 0 spiro atoms. The van der Waals surface area contributed by atoms with Crippen molar-refractivity contribution in [2.45, 2.75) is 44.2 Å². The summed E-state index contributed by atoms with van der Waals surface area (Å²) in [4.78, 5) is 24.9. The Morgan fingerprint density at radius 2 is 1.89 bits per heavy atom. The lowest BCUT2D eigenvalue weighted by molar-refractivity contribution is -0.146. The third-order valence-electron chi connectivity index (χ3n) is 3.69. The molecule has 2 heterocycles. The fourth-order valence-corrected chi connectivity index (χ4v) is 2.64. The first-order chi connectivity index (χ1) is 9.18. The molecule has 19 heavy (non-hydrogen) atoms. The SMILES string of the molecule is O=C(O)CCN(C(=O)[C@@H]1CCCO1)C1CCOCC1. The molecule has 2 aliphatic rings. The van der Waals surface area contributed by atoms with Crippen LogP contribution in [-0.4, -0.2) is 60.4 Å². The summed E-state index contributed by atoms with van der Waals surface area (Å²) in [6.45, 7) is 2.15. The first-order valence-corrected chi connectivity index (χ1v) is 6.90. The molecule has 6 heteroatoms. The molecule has 0 saturated carbocycles. The molecule has 0 aromatic rings. The fraction of sp³-hybridized carbons (Fsp3) is 0.846. The number of amides is 1. The predicted molar refractivity (Wildman–Crippen MR) is 66.8 cm³/mol. The molecule has 1 atom stereocenters. The molecular weight excluding hydrogens is 250 g/mol. The van der Waals surface area contributed by atoms with E-state index in [0.717, 1.165) is 25.7 Å². The van der Waals surface area contributed by atoms with E-state index in [0.29, 0.717) is 19.8 Å². The van der Waals surface area contributed by atoms with E-state index in [9.17, 15) is 9.59 Å². The van der Waals surface area contributed by atoms with Gasteiger partial charge in [0.25, 0.3) is 5.91 Å². The maximum Gasteiger partial charge on any atom is 0.305 e. The topological polar surface area (TPSA) is 76.1 Å². The van der Waals surface area contributed by atoms with E-state index in [1.807, 2.05) is 0 Å². The minimum atomic E-state index is -0.878. The van der Waals surface area contributed by atoms with Gasteiger partial charge in [0.1, 0.15) is 6.10 Å². The molecule has 0 aromatic carbocycles. The quantitative estimate of drug-likeness (QED) is 0.794. The first kappa shape index (κ1) is 14.3. The molecule has 0 unspecified atom stereocenters. The zero-order chi connectivity index (χ0) is 13.7. The van der Waals surface area contributed by atoms with E-state index >= 15 is 0 Å². The molecule has 108 valence electrons. The average molecular weight is 271 g/mol. The highest BCUT2D eigenvalue weighted by atomic mass is 16.5. The van der Waals surface area contributed by atoms with Crippen molar-refractivity contribution in [1.29, 1.82) is 0 Å². The Kier molecular flexibility index (Phi) is 5.15. The summed E-state index contributed by atoms with van der Waals surface area (Å²) in [5, 5.41) is 8.81. The van der Waals surface area contributed by atoms with Crippen LogP contribution in [-0.2, 0) is 19.1 Å². The van der Waals surface area contributed by atoms with Gasteiger partial charge in [-0.3, -0.25) is 9.59 Å². The summed E-state index contributed by atoms with van der Waals surface area (Å²) in [6, 6.07) is 0.0878. The summed E-state index contributed by atoms with van der Waals surface area (Å²) < 4.78 is 10.7. The number of ether oxygens (including phenoxy) is 2. The Bertz CT molecular complexity index is 321. The van der Waals surface area contributed by atoms with Crippen molar-refractivity contribution in [2.24, 2.45) is 0 Å². The molecule has 2 fully saturated rings. The van der Waals surface area contributed by atoms with E-state index in [1.54, 1.807) is 4.90 Å². The molecule has 6 nitrogen and oxygen atoms in total. The number of carboxylic acids is 1. The molecular formula is C13H21NO5. The van der Waals surface area contributed by atoms with Crippen molar-refractivity contribution in [3.63, 3.8) is 0 Å². The number of rotatable bonds is 5. The van der Waals surface area contributed by atoms with E-state index in [4.69, 9.17) is 14.6 Å². The van der Waals surface area contributed by atoms with Gasteiger partial charge >= 0.3 is 5.97 Å². The van der Waals surface area contributed by atoms with Crippen LogP contribution in [0, 0.1) is 0 Å². The Morgan fingerprint density at radius 1 is 1.16 bits per heavy atom. The van der Waals surface area contributed by atoms with Crippen LogP contribution < -0.4 is 0 Å². The van der Waals surface area contributed by atoms with Crippen LogP contribution >= 0.6 is 0 Å². The van der Waals surface area contributed by atoms with Crippen LogP contribution in [0.15, 0.2) is 0 Å². The van der Waals surface area contributed by atoms with E-state index < -0.39 is 5.97 Å². The highest BCUT2D eigenvalue weighted by Gasteiger charge is 2.33. The summed E-state index contributed by atoms with van der Waals surface area (Å²) in [6.07, 6.45) is 2.80. The third kappa shape index (κ3) is 3.91. The molecule has 0 radical (unpaired) electrons. The Morgan fingerprint density at radius 3 is 2.47 bits per heavy atom. The Labute approximate surface area is 112 Å². The molecule has 0 aliphatic carbocycles. The molecule has 0 aromatic heterocycles. The molecule has 0 bridgehead atoms. The van der Waals surface area contributed by atoms with Gasteiger partial charge in [0.2, 0.25) is 0 Å². The zero-order valence-corrected chi connectivity index (χ0v) is 11.0. The second kappa shape index (κ2) is 6.86.